The molecular formula is C64H77ClN10O12. The van der Waals surface area contributed by atoms with Crippen LogP contribution in [-0.2, 0) is 59.4 Å². The van der Waals surface area contributed by atoms with E-state index in [-0.39, 0.29) is 55.0 Å². The number of amides is 6. The number of carbonyl (C=O) groups is 6. The highest BCUT2D eigenvalue weighted by Gasteiger charge is 2.46. The van der Waals surface area contributed by atoms with Gasteiger partial charge < -0.3 is 47.7 Å². The van der Waals surface area contributed by atoms with E-state index in [1.807, 2.05) is 60.7 Å². The minimum Gasteiger partial charge on any atom is -0.492 e. The summed E-state index contributed by atoms with van der Waals surface area (Å²) in [6.45, 7) is 11.2. The Morgan fingerprint density at radius 3 is 1.56 bits per heavy atom. The van der Waals surface area contributed by atoms with Gasteiger partial charge in [-0.3, -0.25) is 43.8 Å². The van der Waals surface area contributed by atoms with Gasteiger partial charge in [-0.1, -0.05) is 30.7 Å². The number of ether oxygens (including phenoxy) is 4. The largest absolute Gasteiger partial charge is 0.492 e. The number of hydrogen-bond donors (Lipinski definition) is 3. The van der Waals surface area contributed by atoms with Crippen molar-refractivity contribution in [3.8, 4) is 11.5 Å². The SMILES string of the molecule is CN1CC(=O)N2CCc3c(c4cc(OCCN5CCCCC5)ccc4n3Cc3ccc(C(=O)NO)cc3)C2C1=O.CN1CC(=O)N2CCc3c(c4cc(OCCN5CCOCC5)ccc4n3Cc3ccc(C(=O)NOC4CCCCO4)cc3)C2C1=O.Cl. The summed E-state index contributed by atoms with van der Waals surface area (Å²) >= 11 is 0. The summed E-state index contributed by atoms with van der Waals surface area (Å²) in [4.78, 5) is 94.3. The predicted octanol–water partition coefficient (Wildman–Crippen LogP) is 5.48. The van der Waals surface area contributed by atoms with Crippen LogP contribution in [-0.4, -0.2) is 198 Å². The van der Waals surface area contributed by atoms with Crippen molar-refractivity contribution in [1.29, 1.82) is 0 Å². The molecule has 7 aliphatic heterocycles. The number of hydroxylamine groups is 2. The second-order valence-corrected chi connectivity index (χ2v) is 23.4. The predicted molar refractivity (Wildman–Crippen MR) is 324 cm³/mol. The van der Waals surface area contributed by atoms with E-state index in [0.29, 0.717) is 70.0 Å². The van der Waals surface area contributed by atoms with Crippen LogP contribution in [0, 0.1) is 0 Å². The molecule has 4 aromatic carbocycles. The molecule has 0 aliphatic carbocycles. The number of likely N-dealkylation sites (tertiary alicyclic amines) is 1. The van der Waals surface area contributed by atoms with E-state index in [4.69, 9.17) is 29.0 Å². The molecule has 7 aliphatic rings. The zero-order valence-corrected chi connectivity index (χ0v) is 50.2. The molecule has 23 heteroatoms. The number of carbonyl (C=O) groups excluding carboxylic acids is 6. The fraction of sp³-hybridized carbons (Fsp3) is 0.469. The lowest BCUT2D eigenvalue weighted by atomic mass is 9.92. The van der Waals surface area contributed by atoms with Gasteiger partial charge in [0.25, 0.3) is 11.8 Å². The van der Waals surface area contributed by atoms with Crippen LogP contribution < -0.4 is 20.4 Å². The smallest absolute Gasteiger partial charge is 0.274 e. The van der Waals surface area contributed by atoms with Crippen molar-refractivity contribution in [2.24, 2.45) is 0 Å². The fourth-order valence-corrected chi connectivity index (χ4v) is 13.3. The highest BCUT2D eigenvalue weighted by atomic mass is 35.5. The van der Waals surface area contributed by atoms with Crippen LogP contribution in [0.1, 0.15) is 105 Å². The van der Waals surface area contributed by atoms with Crippen LogP contribution in [0.15, 0.2) is 84.9 Å². The summed E-state index contributed by atoms with van der Waals surface area (Å²) in [7, 11) is 3.38. The van der Waals surface area contributed by atoms with E-state index in [1.54, 1.807) is 53.6 Å². The van der Waals surface area contributed by atoms with E-state index in [1.165, 1.54) is 29.1 Å². The van der Waals surface area contributed by atoms with E-state index in [0.717, 1.165) is 139 Å². The van der Waals surface area contributed by atoms with Gasteiger partial charge in [0.2, 0.25) is 23.6 Å². The van der Waals surface area contributed by atoms with Gasteiger partial charge in [0, 0.05) is 148 Å². The molecule has 2 aromatic heterocycles. The van der Waals surface area contributed by atoms with Gasteiger partial charge in [0.1, 0.15) is 36.8 Å². The second-order valence-electron chi connectivity index (χ2n) is 23.4. The molecule has 0 radical (unpaired) electrons. The molecule has 3 N–H and O–H groups in total. The molecule has 6 amide bonds. The number of likely N-dealkylation sites (N-methyl/N-ethyl adjacent to an activating group) is 2. The zero-order valence-electron chi connectivity index (χ0n) is 49.4. The van der Waals surface area contributed by atoms with Crippen molar-refractivity contribution in [3.05, 3.63) is 130 Å². The first-order valence-corrected chi connectivity index (χ1v) is 30.3. The molecule has 87 heavy (non-hydrogen) atoms. The number of aromatic nitrogens is 2. The van der Waals surface area contributed by atoms with Crippen LogP contribution in [0.5, 0.6) is 11.5 Å². The normalized spacial score (nSPS) is 20.7. The van der Waals surface area contributed by atoms with Gasteiger partial charge in [-0.05, 0) is 111 Å². The topological polar surface area (TPSA) is 222 Å². The Bertz CT molecular complexity index is 3500. The number of benzene rings is 4. The van der Waals surface area contributed by atoms with Crippen molar-refractivity contribution >= 4 is 69.7 Å². The van der Waals surface area contributed by atoms with E-state index < -0.39 is 24.3 Å². The Balaban J connectivity index is 0.000000180. The molecule has 3 atom stereocenters. The van der Waals surface area contributed by atoms with Crippen molar-refractivity contribution in [2.75, 3.05) is 113 Å². The average molecular weight is 1210 g/mol. The Hall–Kier alpha value is -7.57. The Kier molecular flexibility index (Phi) is 19.1. The van der Waals surface area contributed by atoms with E-state index >= 15 is 0 Å². The average Bonchev–Trinajstić information content (AvgIpc) is 1.71. The monoisotopic (exact) mass is 1210 g/mol. The van der Waals surface area contributed by atoms with Crippen molar-refractivity contribution < 1.29 is 57.8 Å². The third-order valence-electron chi connectivity index (χ3n) is 17.9. The quantitative estimate of drug-likeness (QED) is 0.0808. The summed E-state index contributed by atoms with van der Waals surface area (Å²) < 4.78 is 27.8. The zero-order chi connectivity index (χ0) is 59.4. The first-order chi connectivity index (χ1) is 41.9. The minimum absolute atomic E-state index is 0. The van der Waals surface area contributed by atoms with Crippen LogP contribution in [0.2, 0.25) is 0 Å². The van der Waals surface area contributed by atoms with Crippen LogP contribution >= 0.6 is 12.4 Å². The lowest BCUT2D eigenvalue weighted by Gasteiger charge is -2.42. The van der Waals surface area contributed by atoms with Crippen LogP contribution in [0.25, 0.3) is 21.8 Å². The summed E-state index contributed by atoms with van der Waals surface area (Å²) in [5.74, 6) is 0.378. The first kappa shape index (κ1) is 61.1. The number of hydrogen-bond acceptors (Lipinski definition) is 14. The molecule has 9 heterocycles. The number of halogens is 1. The highest BCUT2D eigenvalue weighted by Crippen LogP contribution is 2.44. The van der Waals surface area contributed by atoms with E-state index in [9.17, 15) is 28.8 Å². The van der Waals surface area contributed by atoms with Crippen LogP contribution in [0.4, 0.5) is 0 Å². The molecule has 3 unspecified atom stereocenters. The molecule has 5 fully saturated rings. The summed E-state index contributed by atoms with van der Waals surface area (Å²) in [6.07, 6.45) is 7.40. The summed E-state index contributed by atoms with van der Waals surface area (Å²) in [5, 5.41) is 10.8. The van der Waals surface area contributed by atoms with Crippen LogP contribution in [0.3, 0.4) is 0 Å². The summed E-state index contributed by atoms with van der Waals surface area (Å²) in [6, 6.07) is 25.3. The van der Waals surface area contributed by atoms with Gasteiger partial charge in [-0.15, -0.1) is 12.4 Å². The Morgan fingerprint density at radius 1 is 0.586 bits per heavy atom. The highest BCUT2D eigenvalue weighted by molar-refractivity contribution is 6.02. The van der Waals surface area contributed by atoms with Gasteiger partial charge in [-0.25, -0.2) is 15.8 Å². The number of nitrogens with one attached hydrogen (secondary N) is 2. The van der Waals surface area contributed by atoms with Crippen molar-refractivity contribution in [3.63, 3.8) is 0 Å². The lowest BCUT2D eigenvalue weighted by molar-refractivity contribution is -0.186. The van der Waals surface area contributed by atoms with Gasteiger partial charge in [0.15, 0.2) is 6.29 Å². The fourth-order valence-electron chi connectivity index (χ4n) is 13.3. The molecule has 13 rings (SSSR count). The van der Waals surface area contributed by atoms with Gasteiger partial charge in [0.05, 0.1) is 26.3 Å². The molecule has 6 aromatic rings. The standard InChI is InChI=1S/C34H41N5O7.C30H35N5O5.ClH/c1-36-22-29(40)38-12-11-28-31(32(38)34(36)42)26-20-25(44-19-15-37-13-17-43-18-14-37)9-10-27(26)39(28)21-23-5-7-24(8-6-23)33(41)35-46-30-4-2-3-16-45-30;1-32-19-26(36)34-14-11-25-27(28(34)30(32)38)23-17-22(40-16-15-33-12-3-2-4-13-33)9-10-24(23)35(25)18-20-5-7-21(8-6-20)29(37)31-39;/h5-10,20,30,32H,2-4,11-19,21-22H2,1H3,(H,35,41);5-10,17,28,39H,2-4,11-16,18-19H2,1H3,(H,31,37);1H. The van der Waals surface area contributed by atoms with Crippen molar-refractivity contribution in [1.82, 2.24) is 49.5 Å². The maximum Gasteiger partial charge on any atom is 0.274 e. The van der Waals surface area contributed by atoms with Crippen molar-refractivity contribution in [2.45, 2.75) is 82.8 Å². The maximum atomic E-state index is 13.6. The number of fused-ring (bicyclic) bond motifs is 10. The molecule has 22 nitrogen and oxygen atoms in total. The second kappa shape index (κ2) is 27.2. The van der Waals surface area contributed by atoms with E-state index in [2.05, 4.69) is 24.4 Å². The minimum atomic E-state index is -0.665. The molecule has 0 bridgehead atoms. The molecule has 0 spiro atoms. The summed E-state index contributed by atoms with van der Waals surface area (Å²) in [5.41, 5.74) is 12.8. The third-order valence-corrected chi connectivity index (χ3v) is 17.9. The maximum absolute atomic E-state index is 13.6. The number of piperazine rings is 2. The third kappa shape index (κ3) is 13.0. The number of rotatable bonds is 16. The number of piperidine rings is 1. The lowest BCUT2D eigenvalue weighted by Crippen LogP contribution is -2.56. The van der Waals surface area contributed by atoms with Gasteiger partial charge >= 0.3 is 0 Å². The Morgan fingerprint density at radius 2 is 1.08 bits per heavy atom. The number of nitrogens with zero attached hydrogens (tertiary/aromatic N) is 8. The number of morpholine rings is 1. The Labute approximate surface area is 511 Å². The molecule has 5 saturated heterocycles. The van der Waals surface area contributed by atoms with Gasteiger partial charge in [-0.2, -0.15) is 0 Å². The molecule has 0 saturated carbocycles. The molecule has 462 valence electrons. The first-order valence-electron chi connectivity index (χ1n) is 30.3. The molecular weight excluding hydrogens is 1140 g/mol.